The Morgan fingerprint density at radius 2 is 1.89 bits per heavy atom. The van der Waals surface area contributed by atoms with Gasteiger partial charge in [0, 0.05) is 19.3 Å². The molecular weight excluding hydrogens is 348 g/mol. The van der Waals surface area contributed by atoms with Gasteiger partial charge in [-0.05, 0) is 41.7 Å². The first-order valence-electron chi connectivity index (χ1n) is 8.65. The molecule has 0 amide bonds. The van der Waals surface area contributed by atoms with Crippen LogP contribution in [0.2, 0.25) is 0 Å². The number of nitrogen functional groups attached to an aromatic ring is 1. The molecule has 4 rings (SSSR count). The molecule has 0 unspecified atom stereocenters. The van der Waals surface area contributed by atoms with E-state index in [-0.39, 0.29) is 16.9 Å². The van der Waals surface area contributed by atoms with Gasteiger partial charge in [-0.25, -0.2) is 9.42 Å². The highest BCUT2D eigenvalue weighted by molar-refractivity contribution is 5.99. The van der Waals surface area contributed by atoms with Crippen LogP contribution < -0.4 is 10.6 Å². The molecule has 2 N–H and O–H groups in total. The molecule has 1 saturated heterocycles. The molecule has 9 nitrogen and oxygen atoms in total. The van der Waals surface area contributed by atoms with Gasteiger partial charge in [0.2, 0.25) is 0 Å². The first-order chi connectivity index (χ1) is 13.2. The van der Waals surface area contributed by atoms with Gasteiger partial charge in [0.25, 0.3) is 0 Å². The summed E-state index contributed by atoms with van der Waals surface area (Å²) in [5.41, 5.74) is 8.88. The van der Waals surface area contributed by atoms with Crippen molar-refractivity contribution in [2.24, 2.45) is 0 Å². The van der Waals surface area contributed by atoms with Gasteiger partial charge in [-0.1, -0.05) is 0 Å². The maximum absolute atomic E-state index is 12.2. The summed E-state index contributed by atoms with van der Waals surface area (Å²) < 4.78 is 11.3. The average Bonchev–Trinajstić information content (AvgIpc) is 3.32. The minimum Gasteiger partial charge on any atom is -0.464 e. The summed E-state index contributed by atoms with van der Waals surface area (Å²) in [4.78, 5) is 14.5. The monoisotopic (exact) mass is 366 g/mol. The fraction of sp³-hybridized carbons (Fsp3) is 0.333. The molecule has 1 aliphatic heterocycles. The maximum atomic E-state index is 12.2. The van der Waals surface area contributed by atoms with Crippen molar-refractivity contribution in [3.8, 4) is 11.8 Å². The highest BCUT2D eigenvalue weighted by atomic mass is 16.6. The van der Waals surface area contributed by atoms with Crippen LogP contribution in [-0.4, -0.2) is 41.0 Å². The first kappa shape index (κ1) is 16.9. The molecule has 1 aromatic carbocycles. The van der Waals surface area contributed by atoms with Crippen molar-refractivity contribution in [3.05, 3.63) is 29.6 Å². The van der Waals surface area contributed by atoms with Crippen LogP contribution in [0.15, 0.2) is 23.0 Å². The molecule has 2 aromatic heterocycles. The third-order valence-electron chi connectivity index (χ3n) is 4.87. The van der Waals surface area contributed by atoms with Gasteiger partial charge in [-0.15, -0.1) is 0 Å². The lowest BCUT2D eigenvalue weighted by Crippen LogP contribution is -2.29. The van der Waals surface area contributed by atoms with Crippen molar-refractivity contribution >= 4 is 28.4 Å². The van der Waals surface area contributed by atoms with Gasteiger partial charge in [-0.2, -0.15) is 5.26 Å². The van der Waals surface area contributed by atoms with Crippen LogP contribution in [0.3, 0.4) is 0 Å². The molecule has 1 fully saturated rings. The molecule has 0 atom stereocenters. The number of hydrogen-bond acceptors (Lipinski definition) is 8. The third kappa shape index (κ3) is 2.66. The quantitative estimate of drug-likeness (QED) is 0.700. The summed E-state index contributed by atoms with van der Waals surface area (Å²) in [5.74, 6) is -0.640. The van der Waals surface area contributed by atoms with Crippen LogP contribution in [-0.2, 0) is 4.74 Å². The zero-order valence-electron chi connectivity index (χ0n) is 14.8. The summed E-state index contributed by atoms with van der Waals surface area (Å²) >= 11 is 0. The Labute approximate surface area is 154 Å². The van der Waals surface area contributed by atoms with Crippen molar-refractivity contribution in [3.63, 3.8) is 0 Å². The number of esters is 1. The van der Waals surface area contributed by atoms with Crippen LogP contribution >= 0.6 is 0 Å². The van der Waals surface area contributed by atoms with Crippen LogP contribution in [0.4, 0.5) is 11.4 Å². The number of carbonyl (C=O) groups excluding carboxylic acids is 1. The van der Waals surface area contributed by atoms with E-state index in [1.54, 1.807) is 0 Å². The van der Waals surface area contributed by atoms with Gasteiger partial charge < -0.3 is 19.9 Å². The lowest BCUT2D eigenvalue weighted by atomic mass is 10.1. The number of aromatic nitrogens is 3. The van der Waals surface area contributed by atoms with Gasteiger partial charge in [0.1, 0.15) is 6.07 Å². The number of carbonyl (C=O) groups is 1. The lowest BCUT2D eigenvalue weighted by Gasteiger charge is -2.28. The van der Waals surface area contributed by atoms with E-state index in [2.05, 4.69) is 15.2 Å². The van der Waals surface area contributed by atoms with E-state index in [1.807, 2.05) is 18.2 Å². The second-order valence-electron chi connectivity index (χ2n) is 6.39. The molecule has 0 aliphatic carbocycles. The van der Waals surface area contributed by atoms with E-state index in [0.29, 0.717) is 16.7 Å². The van der Waals surface area contributed by atoms with Crippen molar-refractivity contribution in [1.29, 1.82) is 5.26 Å². The molecule has 138 valence electrons. The largest absolute Gasteiger partial charge is 0.464 e. The van der Waals surface area contributed by atoms with Crippen molar-refractivity contribution in [2.45, 2.75) is 19.3 Å². The lowest BCUT2D eigenvalue weighted by molar-refractivity contribution is 0.0593. The predicted molar refractivity (Wildman–Crippen MR) is 97.7 cm³/mol. The summed E-state index contributed by atoms with van der Waals surface area (Å²) in [6, 6.07) is 5.74. The molecule has 0 bridgehead atoms. The van der Waals surface area contributed by atoms with Crippen LogP contribution in [0.1, 0.15) is 35.3 Å². The predicted octanol–water partition coefficient (Wildman–Crippen LogP) is 2.24. The summed E-state index contributed by atoms with van der Waals surface area (Å²) in [6.07, 6.45) is 4.96. The zero-order valence-corrected chi connectivity index (χ0v) is 14.8. The van der Waals surface area contributed by atoms with E-state index in [4.69, 9.17) is 15.1 Å². The van der Waals surface area contributed by atoms with Gasteiger partial charge in [-0.3, -0.25) is 0 Å². The third-order valence-corrected chi connectivity index (χ3v) is 4.87. The Hall–Kier alpha value is -3.54. The minimum atomic E-state index is -0.640. The van der Waals surface area contributed by atoms with E-state index < -0.39 is 5.97 Å². The fourth-order valence-corrected chi connectivity index (χ4v) is 3.53. The molecule has 27 heavy (non-hydrogen) atoms. The number of hydrogen-bond donors (Lipinski definition) is 1. The SMILES string of the molecule is COC(=O)c1c(N)c(C#N)cn1-c1ccc(N2CCCCC2)c2nonc12. The highest BCUT2D eigenvalue weighted by Gasteiger charge is 2.25. The Morgan fingerprint density at radius 1 is 1.22 bits per heavy atom. The minimum absolute atomic E-state index is 0.0639. The Balaban J connectivity index is 1.90. The number of nitrogens with zero attached hydrogens (tertiary/aromatic N) is 5. The number of ether oxygens (including phenoxy) is 1. The summed E-state index contributed by atoms with van der Waals surface area (Å²) in [5, 5.41) is 17.4. The zero-order chi connectivity index (χ0) is 19.0. The normalized spacial score (nSPS) is 14.3. The number of rotatable bonds is 3. The van der Waals surface area contributed by atoms with Crippen LogP contribution in [0.25, 0.3) is 16.7 Å². The van der Waals surface area contributed by atoms with E-state index in [0.717, 1.165) is 31.6 Å². The number of anilines is 2. The Kier molecular flexibility index (Phi) is 4.16. The number of nitriles is 1. The summed E-state index contributed by atoms with van der Waals surface area (Å²) in [6.45, 7) is 1.90. The number of benzene rings is 1. The second kappa shape index (κ2) is 6.64. The molecular formula is C18H18N6O3. The van der Waals surface area contributed by atoms with Crippen LogP contribution in [0, 0.1) is 11.3 Å². The van der Waals surface area contributed by atoms with E-state index in [9.17, 15) is 10.1 Å². The van der Waals surface area contributed by atoms with Crippen molar-refractivity contribution in [1.82, 2.24) is 14.9 Å². The highest BCUT2D eigenvalue weighted by Crippen LogP contribution is 2.33. The Morgan fingerprint density at radius 3 is 2.56 bits per heavy atom. The first-order valence-corrected chi connectivity index (χ1v) is 8.65. The molecule has 0 saturated carbocycles. The van der Waals surface area contributed by atoms with Gasteiger partial charge in [0.05, 0.1) is 29.7 Å². The molecule has 9 heteroatoms. The smallest absolute Gasteiger partial charge is 0.357 e. The average molecular weight is 366 g/mol. The number of methoxy groups -OCH3 is 1. The molecule has 0 radical (unpaired) electrons. The fourth-order valence-electron chi connectivity index (χ4n) is 3.53. The van der Waals surface area contributed by atoms with Crippen molar-refractivity contribution in [2.75, 3.05) is 30.8 Å². The topological polar surface area (TPSA) is 123 Å². The Bertz CT molecular complexity index is 1060. The molecule has 0 spiro atoms. The van der Waals surface area contributed by atoms with E-state index in [1.165, 1.54) is 24.3 Å². The standard InChI is InChI=1S/C18H18N6O3/c1-26-18(25)17-14(20)11(9-19)10-24(17)13-6-5-12(15-16(13)22-27-21-15)23-7-3-2-4-8-23/h5-6,10H,2-4,7-8,20H2,1H3. The van der Waals surface area contributed by atoms with E-state index >= 15 is 0 Å². The van der Waals surface area contributed by atoms with Crippen molar-refractivity contribution < 1.29 is 14.2 Å². The summed E-state index contributed by atoms with van der Waals surface area (Å²) in [7, 11) is 1.26. The number of fused-ring (bicyclic) bond motifs is 1. The molecule has 1 aliphatic rings. The number of piperidine rings is 1. The number of nitrogens with two attached hydrogens (primary N) is 1. The van der Waals surface area contributed by atoms with Gasteiger partial charge >= 0.3 is 5.97 Å². The van der Waals surface area contributed by atoms with Crippen LogP contribution in [0.5, 0.6) is 0 Å². The molecule has 3 aromatic rings. The second-order valence-corrected chi connectivity index (χ2v) is 6.39. The molecule has 3 heterocycles. The van der Waals surface area contributed by atoms with Gasteiger partial charge in [0.15, 0.2) is 16.7 Å². The maximum Gasteiger partial charge on any atom is 0.357 e.